The van der Waals surface area contributed by atoms with E-state index in [0.717, 1.165) is 0 Å². The van der Waals surface area contributed by atoms with Crippen LogP contribution in [0.25, 0.3) is 0 Å². The van der Waals surface area contributed by atoms with Crippen LogP contribution in [0, 0.1) is 10.1 Å². The number of nitrogens with zero attached hydrogens (tertiary/aromatic N) is 1. The molecule has 1 rings (SSSR count). The fourth-order valence-electron chi connectivity index (χ4n) is 0.777. The summed E-state index contributed by atoms with van der Waals surface area (Å²) < 4.78 is 4.84. The van der Waals surface area contributed by atoms with Crippen molar-refractivity contribution in [3.05, 3.63) is 34.4 Å². The lowest BCUT2D eigenvalue weighted by molar-refractivity contribution is -0.384. The van der Waals surface area contributed by atoms with E-state index in [-0.39, 0.29) is 12.3 Å². The van der Waals surface area contributed by atoms with E-state index in [9.17, 15) is 14.9 Å². The topological polar surface area (TPSA) is 69.4 Å². The monoisotopic (exact) mass is 180 g/mol. The molecule has 13 heavy (non-hydrogen) atoms. The Morgan fingerprint density at radius 2 is 2.00 bits per heavy atom. The zero-order chi connectivity index (χ0) is 9.68. The molecule has 0 aliphatic carbocycles. The number of benzene rings is 1. The van der Waals surface area contributed by atoms with Crippen LogP contribution in [0.4, 0.5) is 5.69 Å². The first-order valence-corrected chi connectivity index (χ1v) is 3.46. The smallest absolute Gasteiger partial charge is 0.269 e. The fraction of sp³-hybridized carbons (Fsp3) is 0.125. The molecule has 0 bridgehead atoms. The van der Waals surface area contributed by atoms with E-state index in [1.165, 1.54) is 24.3 Å². The maximum absolute atomic E-state index is 10.2. The molecule has 0 heterocycles. The summed E-state index contributed by atoms with van der Waals surface area (Å²) >= 11 is 0. The van der Waals surface area contributed by atoms with E-state index >= 15 is 0 Å². The van der Waals surface area contributed by atoms with Crippen LogP contribution in [0.15, 0.2) is 24.3 Å². The number of rotatable bonds is 4. The number of carbonyl (C=O) groups excluding carboxylic acids is 1. The van der Waals surface area contributed by atoms with Crippen molar-refractivity contribution < 1.29 is 14.5 Å². The molecule has 5 heteroatoms. The van der Waals surface area contributed by atoms with Gasteiger partial charge in [-0.05, 0) is 12.1 Å². The Bertz CT molecular complexity index is 306. The van der Waals surface area contributed by atoms with E-state index in [1.54, 1.807) is 6.29 Å². The molecule has 1 aromatic rings. The predicted octanol–water partition coefficient (Wildman–Crippen LogP) is 1.08. The molecular formula is C8H6NO4. The Morgan fingerprint density at radius 1 is 1.38 bits per heavy atom. The highest BCUT2D eigenvalue weighted by Crippen LogP contribution is 2.16. The van der Waals surface area contributed by atoms with Gasteiger partial charge in [0.1, 0.15) is 5.75 Å². The van der Waals surface area contributed by atoms with Crippen LogP contribution < -0.4 is 4.74 Å². The van der Waals surface area contributed by atoms with Gasteiger partial charge in [-0.1, -0.05) is 0 Å². The third-order valence-corrected chi connectivity index (χ3v) is 1.35. The van der Waals surface area contributed by atoms with Crippen molar-refractivity contribution in [2.24, 2.45) is 0 Å². The number of hydrogen-bond donors (Lipinski definition) is 0. The van der Waals surface area contributed by atoms with Crippen molar-refractivity contribution in [2.45, 2.75) is 0 Å². The van der Waals surface area contributed by atoms with E-state index in [4.69, 9.17) is 4.74 Å². The molecule has 0 saturated carbocycles. The van der Waals surface area contributed by atoms with Gasteiger partial charge in [-0.25, -0.2) is 0 Å². The minimum atomic E-state index is -0.504. The van der Waals surface area contributed by atoms with Gasteiger partial charge in [0.25, 0.3) is 5.69 Å². The Hall–Kier alpha value is -1.91. The fourth-order valence-corrected chi connectivity index (χ4v) is 0.777. The number of nitro groups is 1. The van der Waals surface area contributed by atoms with E-state index in [2.05, 4.69) is 0 Å². The molecule has 1 radical (unpaired) electrons. The molecule has 0 saturated heterocycles. The third kappa shape index (κ3) is 2.55. The number of hydrogen-bond acceptors (Lipinski definition) is 4. The second kappa shape index (κ2) is 4.20. The Balaban J connectivity index is 2.69. The van der Waals surface area contributed by atoms with E-state index in [0.29, 0.717) is 5.75 Å². The van der Waals surface area contributed by atoms with Gasteiger partial charge in [-0.15, -0.1) is 0 Å². The zero-order valence-electron chi connectivity index (χ0n) is 6.60. The van der Waals surface area contributed by atoms with Crippen molar-refractivity contribution in [1.29, 1.82) is 0 Å². The van der Waals surface area contributed by atoms with E-state index in [1.807, 2.05) is 0 Å². The van der Waals surface area contributed by atoms with Gasteiger partial charge in [-0.2, -0.15) is 0 Å². The summed E-state index contributed by atoms with van der Waals surface area (Å²) in [4.78, 5) is 19.5. The average Bonchev–Trinajstić information content (AvgIpc) is 2.15. The van der Waals surface area contributed by atoms with Crippen LogP contribution in [0.3, 0.4) is 0 Å². The minimum absolute atomic E-state index is 0.0116. The van der Waals surface area contributed by atoms with Crippen molar-refractivity contribution in [3.8, 4) is 5.75 Å². The highest BCUT2D eigenvalue weighted by molar-refractivity contribution is 5.52. The molecule has 0 amide bonds. The second-order valence-electron chi connectivity index (χ2n) is 2.18. The second-order valence-corrected chi connectivity index (χ2v) is 2.18. The SMILES string of the molecule is O=[C]COc1ccc([N+](=O)[O-])cc1. The quantitative estimate of drug-likeness (QED) is 0.513. The normalized spacial score (nSPS) is 9.23. The van der Waals surface area contributed by atoms with Crippen LogP contribution in [0.1, 0.15) is 0 Å². The van der Waals surface area contributed by atoms with Crippen LogP contribution in [-0.2, 0) is 4.79 Å². The Labute approximate surface area is 74.1 Å². The van der Waals surface area contributed by atoms with Gasteiger partial charge in [-0.3, -0.25) is 14.9 Å². The third-order valence-electron chi connectivity index (χ3n) is 1.35. The maximum Gasteiger partial charge on any atom is 0.269 e. The maximum atomic E-state index is 10.2. The largest absolute Gasteiger partial charge is 0.485 e. The highest BCUT2D eigenvalue weighted by Gasteiger charge is 2.03. The molecular weight excluding hydrogens is 174 g/mol. The lowest BCUT2D eigenvalue weighted by Crippen LogP contribution is -1.97. The highest BCUT2D eigenvalue weighted by atomic mass is 16.6. The first kappa shape index (κ1) is 9.18. The molecule has 0 fully saturated rings. The summed E-state index contributed by atoms with van der Waals surface area (Å²) in [5, 5.41) is 10.2. The van der Waals surface area contributed by atoms with Crippen LogP contribution >= 0.6 is 0 Å². The van der Waals surface area contributed by atoms with Gasteiger partial charge in [0.05, 0.1) is 4.92 Å². The minimum Gasteiger partial charge on any atom is -0.485 e. The predicted molar refractivity (Wildman–Crippen MR) is 44.3 cm³/mol. The van der Waals surface area contributed by atoms with Gasteiger partial charge < -0.3 is 4.74 Å². The number of nitro benzene ring substituents is 1. The molecule has 0 aliphatic heterocycles. The van der Waals surface area contributed by atoms with Crippen LogP contribution in [0.2, 0.25) is 0 Å². The molecule has 5 nitrogen and oxygen atoms in total. The number of ether oxygens (including phenoxy) is 1. The summed E-state index contributed by atoms with van der Waals surface area (Å²) in [6.45, 7) is -0.169. The molecule has 0 unspecified atom stereocenters. The Kier molecular flexibility index (Phi) is 2.97. The van der Waals surface area contributed by atoms with Crippen molar-refractivity contribution in [2.75, 3.05) is 6.61 Å². The number of non-ortho nitro benzene ring substituents is 1. The van der Waals surface area contributed by atoms with Gasteiger partial charge in [0.2, 0.25) is 6.29 Å². The molecule has 0 aliphatic rings. The molecule has 0 aromatic heterocycles. The molecule has 67 valence electrons. The van der Waals surface area contributed by atoms with E-state index < -0.39 is 4.92 Å². The Morgan fingerprint density at radius 3 is 2.46 bits per heavy atom. The summed E-state index contributed by atoms with van der Waals surface area (Å²) in [6.07, 6.45) is 1.55. The standard InChI is InChI=1S/C8H6NO4/c10-5-6-13-8-3-1-7(2-4-8)9(11)12/h1-4H,6H2. The average molecular weight is 180 g/mol. The molecule has 0 spiro atoms. The summed E-state index contributed by atoms with van der Waals surface area (Å²) in [5.41, 5.74) is -0.0116. The lowest BCUT2D eigenvalue weighted by atomic mass is 10.3. The van der Waals surface area contributed by atoms with Crippen LogP contribution in [-0.4, -0.2) is 17.8 Å². The van der Waals surface area contributed by atoms with Gasteiger partial charge in [0.15, 0.2) is 6.61 Å². The molecule has 0 N–H and O–H groups in total. The summed E-state index contributed by atoms with van der Waals surface area (Å²) in [6, 6.07) is 5.46. The van der Waals surface area contributed by atoms with Gasteiger partial charge in [0, 0.05) is 12.1 Å². The van der Waals surface area contributed by atoms with Crippen molar-refractivity contribution in [1.82, 2.24) is 0 Å². The van der Waals surface area contributed by atoms with Gasteiger partial charge >= 0.3 is 0 Å². The van der Waals surface area contributed by atoms with Crippen molar-refractivity contribution in [3.63, 3.8) is 0 Å². The molecule has 0 atom stereocenters. The lowest BCUT2D eigenvalue weighted by Gasteiger charge is -1.99. The summed E-state index contributed by atoms with van der Waals surface area (Å²) in [5.74, 6) is 0.411. The first-order valence-electron chi connectivity index (χ1n) is 3.46. The first-order chi connectivity index (χ1) is 6.24. The van der Waals surface area contributed by atoms with Crippen LogP contribution in [0.5, 0.6) is 5.75 Å². The van der Waals surface area contributed by atoms with Crippen molar-refractivity contribution >= 4 is 12.0 Å². The summed E-state index contributed by atoms with van der Waals surface area (Å²) in [7, 11) is 0. The molecule has 1 aromatic carbocycles. The zero-order valence-corrected chi connectivity index (χ0v) is 6.60.